The molecule has 4 nitrogen and oxygen atoms in total. The number of hydrogen-bond acceptors (Lipinski definition) is 3. The SMILES string of the molecule is Cc1c(C(=O)/C=C/c2ccc(Br)o2)cc2cccn2c1C(=O)c1ccccc1. The molecule has 0 unspecified atom stereocenters. The summed E-state index contributed by atoms with van der Waals surface area (Å²) >= 11 is 3.24. The molecule has 0 saturated heterocycles. The lowest BCUT2D eigenvalue weighted by Gasteiger charge is -2.13. The maximum atomic E-state index is 13.2. The Morgan fingerprint density at radius 2 is 1.82 bits per heavy atom. The summed E-state index contributed by atoms with van der Waals surface area (Å²) in [5.41, 5.74) is 3.01. The van der Waals surface area contributed by atoms with Crippen molar-refractivity contribution in [1.82, 2.24) is 4.40 Å². The number of carbonyl (C=O) groups excluding carboxylic acids is 2. The first kappa shape index (κ1) is 18.2. The summed E-state index contributed by atoms with van der Waals surface area (Å²) in [5, 5.41) is 0. The van der Waals surface area contributed by atoms with Crippen LogP contribution in [0.5, 0.6) is 0 Å². The van der Waals surface area contributed by atoms with E-state index in [2.05, 4.69) is 15.9 Å². The van der Waals surface area contributed by atoms with Crippen molar-refractivity contribution < 1.29 is 14.0 Å². The average Bonchev–Trinajstić information content (AvgIpc) is 3.34. The first-order valence-corrected chi connectivity index (χ1v) is 9.52. The van der Waals surface area contributed by atoms with Gasteiger partial charge in [-0.25, -0.2) is 0 Å². The Hall–Kier alpha value is -3.18. The van der Waals surface area contributed by atoms with Crippen LogP contribution in [0.3, 0.4) is 0 Å². The zero-order chi connectivity index (χ0) is 19.7. The Bertz CT molecular complexity index is 1220. The average molecular weight is 434 g/mol. The van der Waals surface area contributed by atoms with Crippen LogP contribution in [0.2, 0.25) is 0 Å². The van der Waals surface area contributed by atoms with E-state index >= 15 is 0 Å². The summed E-state index contributed by atoms with van der Waals surface area (Å²) in [5.74, 6) is 0.269. The highest BCUT2D eigenvalue weighted by Crippen LogP contribution is 2.23. The number of nitrogens with zero attached hydrogens (tertiary/aromatic N) is 1. The molecule has 0 radical (unpaired) electrons. The molecule has 0 bridgehead atoms. The highest BCUT2D eigenvalue weighted by Gasteiger charge is 2.20. The summed E-state index contributed by atoms with van der Waals surface area (Å²) in [4.78, 5) is 26.0. The minimum Gasteiger partial charge on any atom is -0.450 e. The second-order valence-electron chi connectivity index (χ2n) is 6.37. The Kier molecular flexibility index (Phi) is 4.84. The molecule has 0 spiro atoms. The molecule has 138 valence electrons. The van der Waals surface area contributed by atoms with E-state index in [0.717, 1.165) is 5.52 Å². The summed E-state index contributed by atoms with van der Waals surface area (Å²) in [6.45, 7) is 1.81. The fourth-order valence-corrected chi connectivity index (χ4v) is 3.53. The van der Waals surface area contributed by atoms with Gasteiger partial charge in [-0.05, 0) is 70.9 Å². The topological polar surface area (TPSA) is 51.7 Å². The zero-order valence-corrected chi connectivity index (χ0v) is 16.6. The molecule has 4 aromatic rings. The molecular formula is C23H16BrNO3. The number of fused-ring (bicyclic) bond motifs is 1. The van der Waals surface area contributed by atoms with Crippen molar-refractivity contribution in [2.75, 3.05) is 0 Å². The van der Waals surface area contributed by atoms with Gasteiger partial charge in [0.1, 0.15) is 5.76 Å². The van der Waals surface area contributed by atoms with E-state index in [4.69, 9.17) is 4.42 Å². The molecule has 0 saturated carbocycles. The van der Waals surface area contributed by atoms with Gasteiger partial charge >= 0.3 is 0 Å². The van der Waals surface area contributed by atoms with E-state index in [-0.39, 0.29) is 11.6 Å². The lowest BCUT2D eigenvalue weighted by Crippen LogP contribution is -2.13. The molecule has 0 aliphatic rings. The monoisotopic (exact) mass is 433 g/mol. The number of halogens is 1. The first-order chi connectivity index (χ1) is 13.5. The van der Waals surface area contributed by atoms with Crippen LogP contribution < -0.4 is 0 Å². The van der Waals surface area contributed by atoms with E-state index in [1.807, 2.05) is 47.0 Å². The van der Waals surface area contributed by atoms with E-state index in [0.29, 0.717) is 32.8 Å². The maximum Gasteiger partial charge on any atom is 0.210 e. The van der Waals surface area contributed by atoms with Gasteiger partial charge in [0.15, 0.2) is 10.5 Å². The number of aromatic nitrogens is 1. The molecule has 0 fully saturated rings. The van der Waals surface area contributed by atoms with Crippen molar-refractivity contribution in [3.63, 3.8) is 0 Å². The van der Waals surface area contributed by atoms with Gasteiger partial charge in [-0.1, -0.05) is 30.3 Å². The quantitative estimate of drug-likeness (QED) is 0.298. The molecule has 5 heteroatoms. The zero-order valence-electron chi connectivity index (χ0n) is 15.1. The van der Waals surface area contributed by atoms with Crippen LogP contribution in [-0.2, 0) is 0 Å². The largest absolute Gasteiger partial charge is 0.450 e. The molecule has 0 N–H and O–H groups in total. The molecule has 3 heterocycles. The molecule has 1 aromatic carbocycles. The molecule has 28 heavy (non-hydrogen) atoms. The Balaban J connectivity index is 1.80. The van der Waals surface area contributed by atoms with Crippen molar-refractivity contribution in [3.8, 4) is 0 Å². The van der Waals surface area contributed by atoms with Crippen LogP contribution in [0, 0.1) is 6.92 Å². The van der Waals surface area contributed by atoms with Crippen LogP contribution in [-0.4, -0.2) is 16.0 Å². The van der Waals surface area contributed by atoms with Crippen LogP contribution in [0.1, 0.15) is 37.7 Å². The number of benzene rings is 1. The van der Waals surface area contributed by atoms with Crippen molar-refractivity contribution in [2.24, 2.45) is 0 Å². The van der Waals surface area contributed by atoms with E-state index in [1.165, 1.54) is 6.08 Å². The van der Waals surface area contributed by atoms with Gasteiger partial charge in [0.25, 0.3) is 0 Å². The molecular weight excluding hydrogens is 418 g/mol. The number of carbonyl (C=O) groups is 2. The standard InChI is InChI=1S/C23H16BrNO3/c1-15-19(20(26)11-9-18-10-12-21(24)28-18)14-17-8-5-13-25(17)22(15)23(27)16-6-3-2-4-7-16/h2-14H,1H3/b11-9+. The second kappa shape index (κ2) is 7.44. The molecule has 3 aromatic heterocycles. The van der Waals surface area contributed by atoms with Gasteiger partial charge < -0.3 is 8.82 Å². The Morgan fingerprint density at radius 3 is 2.54 bits per heavy atom. The number of furan rings is 1. The molecule has 0 amide bonds. The van der Waals surface area contributed by atoms with Crippen LogP contribution >= 0.6 is 15.9 Å². The minimum atomic E-state index is -0.184. The lowest BCUT2D eigenvalue weighted by molar-refractivity contribution is 0.103. The number of rotatable bonds is 5. The summed E-state index contributed by atoms with van der Waals surface area (Å²) < 4.78 is 7.82. The summed E-state index contributed by atoms with van der Waals surface area (Å²) in [6, 6.07) is 18.2. The van der Waals surface area contributed by atoms with Gasteiger partial charge in [-0.3, -0.25) is 9.59 Å². The number of allylic oxidation sites excluding steroid dienone is 1. The van der Waals surface area contributed by atoms with Gasteiger partial charge in [-0.15, -0.1) is 0 Å². The highest BCUT2D eigenvalue weighted by atomic mass is 79.9. The van der Waals surface area contributed by atoms with Crippen LogP contribution in [0.25, 0.3) is 11.6 Å². The fraction of sp³-hybridized carbons (Fsp3) is 0.0435. The van der Waals surface area contributed by atoms with Crippen molar-refractivity contribution in [1.29, 1.82) is 0 Å². The third-order valence-corrected chi connectivity index (χ3v) is 5.01. The van der Waals surface area contributed by atoms with E-state index in [1.54, 1.807) is 37.3 Å². The summed E-state index contributed by atoms with van der Waals surface area (Å²) in [6.07, 6.45) is 4.92. The van der Waals surface area contributed by atoms with E-state index in [9.17, 15) is 9.59 Å². The Labute approximate surface area is 170 Å². The first-order valence-electron chi connectivity index (χ1n) is 8.73. The van der Waals surface area contributed by atoms with Crippen LogP contribution in [0.15, 0.2) is 82.0 Å². The van der Waals surface area contributed by atoms with Crippen LogP contribution in [0.4, 0.5) is 0 Å². The van der Waals surface area contributed by atoms with Crippen molar-refractivity contribution in [2.45, 2.75) is 6.92 Å². The predicted octanol–water partition coefficient (Wildman–Crippen LogP) is 5.73. The Morgan fingerprint density at radius 1 is 1.04 bits per heavy atom. The molecule has 0 aliphatic carbocycles. The maximum absolute atomic E-state index is 13.2. The van der Waals surface area contributed by atoms with Crippen molar-refractivity contribution >= 4 is 39.1 Å². The molecule has 0 atom stereocenters. The predicted molar refractivity (Wildman–Crippen MR) is 112 cm³/mol. The number of hydrogen-bond donors (Lipinski definition) is 0. The van der Waals surface area contributed by atoms with Gasteiger partial charge in [0.2, 0.25) is 5.78 Å². The third-order valence-electron chi connectivity index (χ3n) is 4.58. The van der Waals surface area contributed by atoms with Gasteiger partial charge in [-0.2, -0.15) is 0 Å². The van der Waals surface area contributed by atoms with Gasteiger partial charge in [0, 0.05) is 22.8 Å². The highest BCUT2D eigenvalue weighted by molar-refractivity contribution is 9.10. The molecule has 0 aliphatic heterocycles. The summed E-state index contributed by atoms with van der Waals surface area (Å²) in [7, 11) is 0. The normalized spacial score (nSPS) is 11.4. The fourth-order valence-electron chi connectivity index (χ4n) is 3.21. The second-order valence-corrected chi connectivity index (χ2v) is 7.15. The van der Waals surface area contributed by atoms with Gasteiger partial charge in [0.05, 0.1) is 5.69 Å². The van der Waals surface area contributed by atoms with Crippen molar-refractivity contribution in [3.05, 3.63) is 106 Å². The number of pyridine rings is 1. The minimum absolute atomic E-state index is 0.118. The lowest BCUT2D eigenvalue weighted by atomic mass is 9.97. The van der Waals surface area contributed by atoms with E-state index < -0.39 is 0 Å². The number of ketones is 2. The molecule has 4 rings (SSSR count). The third kappa shape index (κ3) is 3.37. The smallest absolute Gasteiger partial charge is 0.210 e.